The Balaban J connectivity index is 2.32. The number of hydrogen-bond acceptors (Lipinski definition) is 4. The molecule has 0 saturated carbocycles. The Morgan fingerprint density at radius 1 is 1.33 bits per heavy atom. The summed E-state index contributed by atoms with van der Waals surface area (Å²) < 4.78 is 0. The molecule has 5 nitrogen and oxygen atoms in total. The van der Waals surface area contributed by atoms with Gasteiger partial charge in [0.2, 0.25) is 0 Å². The molecule has 1 atom stereocenters. The van der Waals surface area contributed by atoms with E-state index in [-0.39, 0.29) is 18.2 Å². The highest BCUT2D eigenvalue weighted by molar-refractivity contribution is 6.20. The first kappa shape index (κ1) is 12.7. The van der Waals surface area contributed by atoms with Crippen LogP contribution >= 0.6 is 0 Å². The number of aliphatic hydroxyl groups is 1. The predicted molar refractivity (Wildman–Crippen MR) is 65.1 cm³/mol. The number of rotatable bonds is 4. The van der Waals surface area contributed by atoms with Crippen LogP contribution in [0.15, 0.2) is 18.3 Å². The topological polar surface area (TPSA) is 70.5 Å². The van der Waals surface area contributed by atoms with Crippen LogP contribution in [0.5, 0.6) is 0 Å². The second-order valence-corrected chi connectivity index (χ2v) is 4.85. The van der Waals surface area contributed by atoms with Crippen molar-refractivity contribution in [2.24, 2.45) is 5.92 Å². The summed E-state index contributed by atoms with van der Waals surface area (Å²) in [6.07, 6.45) is 2.08. The number of pyridine rings is 1. The van der Waals surface area contributed by atoms with Gasteiger partial charge in [-0.3, -0.25) is 19.5 Å². The van der Waals surface area contributed by atoms with Crippen molar-refractivity contribution in [2.45, 2.75) is 26.3 Å². The van der Waals surface area contributed by atoms with Crippen molar-refractivity contribution >= 4 is 11.8 Å². The number of fused-ring (bicyclic) bond motifs is 1. The third-order valence-electron chi connectivity index (χ3n) is 3.00. The summed E-state index contributed by atoms with van der Waals surface area (Å²) in [7, 11) is 0. The van der Waals surface area contributed by atoms with Crippen LogP contribution in [0.3, 0.4) is 0 Å². The fourth-order valence-corrected chi connectivity index (χ4v) is 2.22. The number of aliphatic hydroxyl groups excluding tert-OH is 1. The van der Waals surface area contributed by atoms with Crippen LogP contribution in [0.4, 0.5) is 0 Å². The minimum absolute atomic E-state index is 0.185. The molecule has 1 aliphatic heterocycles. The van der Waals surface area contributed by atoms with Gasteiger partial charge in [0, 0.05) is 6.20 Å². The third-order valence-corrected chi connectivity index (χ3v) is 3.00. The highest BCUT2D eigenvalue weighted by atomic mass is 16.3. The summed E-state index contributed by atoms with van der Waals surface area (Å²) in [5, 5.41) is 9.38. The Morgan fingerprint density at radius 3 is 2.61 bits per heavy atom. The Kier molecular flexibility index (Phi) is 3.43. The maximum Gasteiger partial charge on any atom is 0.280 e. The minimum atomic E-state index is -0.473. The van der Waals surface area contributed by atoms with Gasteiger partial charge in [-0.25, -0.2) is 0 Å². The average molecular weight is 248 g/mol. The number of nitrogens with zero attached hydrogens (tertiary/aromatic N) is 2. The predicted octanol–water partition coefficient (Wildman–Crippen LogP) is 1.08. The number of aromatic nitrogens is 1. The zero-order valence-electron chi connectivity index (χ0n) is 10.5. The lowest BCUT2D eigenvalue weighted by atomic mass is 10.0. The van der Waals surface area contributed by atoms with Gasteiger partial charge in [-0.05, 0) is 24.5 Å². The Hall–Kier alpha value is -1.75. The largest absolute Gasteiger partial charge is 0.394 e. The van der Waals surface area contributed by atoms with Gasteiger partial charge in [0.15, 0.2) is 0 Å². The first-order chi connectivity index (χ1) is 8.56. The van der Waals surface area contributed by atoms with Crippen molar-refractivity contribution < 1.29 is 14.7 Å². The standard InChI is InChI=1S/C13H16N2O3/c1-8(2)6-9(7-16)15-12(17)10-4-3-5-14-11(10)13(15)18/h3-5,8-9,16H,6-7H2,1-2H3. The van der Waals surface area contributed by atoms with Crippen molar-refractivity contribution in [3.05, 3.63) is 29.6 Å². The van der Waals surface area contributed by atoms with E-state index in [9.17, 15) is 14.7 Å². The fourth-order valence-electron chi connectivity index (χ4n) is 2.22. The first-order valence-electron chi connectivity index (χ1n) is 6.00. The van der Waals surface area contributed by atoms with Gasteiger partial charge >= 0.3 is 0 Å². The van der Waals surface area contributed by atoms with Gasteiger partial charge in [0.25, 0.3) is 11.8 Å². The Bertz CT molecular complexity index is 450. The average Bonchev–Trinajstić information content (AvgIpc) is 2.60. The van der Waals surface area contributed by atoms with E-state index in [1.165, 1.54) is 6.20 Å². The van der Waals surface area contributed by atoms with E-state index in [4.69, 9.17) is 0 Å². The molecule has 1 unspecified atom stereocenters. The smallest absolute Gasteiger partial charge is 0.280 e. The molecule has 1 aromatic rings. The maximum absolute atomic E-state index is 12.1. The molecule has 0 bridgehead atoms. The molecular formula is C13H16N2O3. The summed E-state index contributed by atoms with van der Waals surface area (Å²) in [5.41, 5.74) is 0.509. The zero-order chi connectivity index (χ0) is 13.3. The van der Waals surface area contributed by atoms with E-state index >= 15 is 0 Å². The van der Waals surface area contributed by atoms with Crippen LogP contribution in [0.2, 0.25) is 0 Å². The molecule has 18 heavy (non-hydrogen) atoms. The van der Waals surface area contributed by atoms with Crippen molar-refractivity contribution in [2.75, 3.05) is 6.61 Å². The summed E-state index contributed by atoms with van der Waals surface area (Å²) in [5.74, 6) is -0.475. The molecule has 1 N–H and O–H groups in total. The number of amides is 2. The van der Waals surface area contributed by atoms with Crippen molar-refractivity contribution in [1.29, 1.82) is 0 Å². The molecule has 0 fully saturated rings. The lowest BCUT2D eigenvalue weighted by Gasteiger charge is -2.25. The van der Waals surface area contributed by atoms with Gasteiger partial charge < -0.3 is 5.11 Å². The lowest BCUT2D eigenvalue weighted by molar-refractivity contribution is 0.0488. The van der Waals surface area contributed by atoms with E-state index in [0.717, 1.165) is 4.90 Å². The van der Waals surface area contributed by atoms with Crippen LogP contribution in [0, 0.1) is 5.92 Å². The second-order valence-electron chi connectivity index (χ2n) is 4.85. The first-order valence-corrected chi connectivity index (χ1v) is 6.00. The quantitative estimate of drug-likeness (QED) is 0.809. The van der Waals surface area contributed by atoms with Crippen LogP contribution in [-0.4, -0.2) is 39.5 Å². The van der Waals surface area contributed by atoms with E-state index < -0.39 is 11.9 Å². The molecule has 0 saturated heterocycles. The Labute approximate surface area is 105 Å². The van der Waals surface area contributed by atoms with E-state index in [1.54, 1.807) is 12.1 Å². The molecule has 2 amide bonds. The maximum atomic E-state index is 12.1. The lowest BCUT2D eigenvalue weighted by Crippen LogP contribution is -2.42. The Morgan fingerprint density at radius 2 is 2.06 bits per heavy atom. The molecule has 1 aromatic heterocycles. The van der Waals surface area contributed by atoms with Crippen LogP contribution in [-0.2, 0) is 0 Å². The normalized spacial score (nSPS) is 16.3. The highest BCUT2D eigenvalue weighted by Crippen LogP contribution is 2.25. The molecule has 2 heterocycles. The summed E-state index contributed by atoms with van der Waals surface area (Å²) in [6, 6.07) is 2.75. The molecule has 0 spiro atoms. The highest BCUT2D eigenvalue weighted by Gasteiger charge is 2.40. The summed E-state index contributed by atoms with van der Waals surface area (Å²) in [6.45, 7) is 3.75. The molecule has 0 aromatic carbocycles. The molecule has 2 rings (SSSR count). The number of carbonyl (C=O) groups is 2. The zero-order valence-corrected chi connectivity index (χ0v) is 10.5. The minimum Gasteiger partial charge on any atom is -0.394 e. The van der Waals surface area contributed by atoms with Gasteiger partial charge in [0.05, 0.1) is 18.2 Å². The number of imide groups is 1. The van der Waals surface area contributed by atoms with E-state index in [2.05, 4.69) is 4.98 Å². The van der Waals surface area contributed by atoms with E-state index in [0.29, 0.717) is 17.9 Å². The molecule has 0 radical (unpaired) electrons. The van der Waals surface area contributed by atoms with Gasteiger partial charge in [0.1, 0.15) is 5.69 Å². The van der Waals surface area contributed by atoms with Crippen molar-refractivity contribution in [3.8, 4) is 0 Å². The third kappa shape index (κ3) is 2.01. The number of hydrogen-bond donors (Lipinski definition) is 1. The summed E-state index contributed by atoms with van der Waals surface area (Å²) >= 11 is 0. The molecule has 0 aliphatic carbocycles. The molecular weight excluding hydrogens is 232 g/mol. The fraction of sp³-hybridized carbons (Fsp3) is 0.462. The van der Waals surface area contributed by atoms with Crippen LogP contribution in [0.25, 0.3) is 0 Å². The van der Waals surface area contributed by atoms with Crippen LogP contribution in [0.1, 0.15) is 41.1 Å². The van der Waals surface area contributed by atoms with E-state index in [1.807, 2.05) is 13.8 Å². The monoisotopic (exact) mass is 248 g/mol. The SMILES string of the molecule is CC(C)CC(CO)N1C(=O)c2cccnc2C1=O. The second kappa shape index (κ2) is 4.86. The van der Waals surface area contributed by atoms with Crippen molar-refractivity contribution in [1.82, 2.24) is 9.88 Å². The van der Waals surface area contributed by atoms with Gasteiger partial charge in [-0.1, -0.05) is 13.8 Å². The number of carbonyl (C=O) groups excluding carboxylic acids is 2. The van der Waals surface area contributed by atoms with Crippen molar-refractivity contribution in [3.63, 3.8) is 0 Å². The van der Waals surface area contributed by atoms with Gasteiger partial charge in [-0.15, -0.1) is 0 Å². The van der Waals surface area contributed by atoms with Crippen LogP contribution < -0.4 is 0 Å². The van der Waals surface area contributed by atoms with Gasteiger partial charge in [-0.2, -0.15) is 0 Å². The molecule has 1 aliphatic rings. The summed E-state index contributed by atoms with van der Waals surface area (Å²) in [4.78, 5) is 29.3. The molecule has 5 heteroatoms. The molecule has 96 valence electrons.